The van der Waals surface area contributed by atoms with Crippen LogP contribution in [0.25, 0.3) is 0 Å². The SMILES string of the molecule is CC(C)CN1CCNC(=O)[C@H]1CC(=O)O. The zero-order chi connectivity index (χ0) is 11.4. The number of carboxylic acids is 1. The number of aliphatic carboxylic acids is 1. The second-order valence-corrected chi connectivity index (χ2v) is 4.29. The molecular formula is C10H18N2O3. The van der Waals surface area contributed by atoms with Crippen molar-refractivity contribution in [3.05, 3.63) is 0 Å². The lowest BCUT2D eigenvalue weighted by Crippen LogP contribution is -2.56. The Hall–Kier alpha value is -1.10. The van der Waals surface area contributed by atoms with Crippen molar-refractivity contribution in [1.29, 1.82) is 0 Å². The van der Waals surface area contributed by atoms with Gasteiger partial charge in [-0.05, 0) is 5.92 Å². The van der Waals surface area contributed by atoms with Crippen molar-refractivity contribution in [2.45, 2.75) is 26.3 Å². The molecule has 5 heteroatoms. The lowest BCUT2D eigenvalue weighted by atomic mass is 10.1. The van der Waals surface area contributed by atoms with Gasteiger partial charge in [0.1, 0.15) is 0 Å². The second-order valence-electron chi connectivity index (χ2n) is 4.29. The Bertz CT molecular complexity index is 253. The average Bonchev–Trinajstić information content (AvgIpc) is 2.09. The molecular weight excluding hydrogens is 196 g/mol. The molecule has 0 spiro atoms. The molecule has 1 aliphatic rings. The van der Waals surface area contributed by atoms with E-state index in [0.717, 1.165) is 13.1 Å². The molecule has 0 radical (unpaired) electrons. The minimum absolute atomic E-state index is 0.113. The van der Waals surface area contributed by atoms with Gasteiger partial charge in [0, 0.05) is 19.6 Å². The van der Waals surface area contributed by atoms with Gasteiger partial charge in [-0.25, -0.2) is 0 Å². The predicted molar refractivity (Wildman–Crippen MR) is 55.5 cm³/mol. The third kappa shape index (κ3) is 3.51. The molecule has 0 aromatic carbocycles. The summed E-state index contributed by atoms with van der Waals surface area (Å²) < 4.78 is 0. The van der Waals surface area contributed by atoms with Crippen LogP contribution in [0, 0.1) is 5.92 Å². The van der Waals surface area contributed by atoms with Crippen molar-refractivity contribution in [2.24, 2.45) is 5.92 Å². The fraction of sp³-hybridized carbons (Fsp3) is 0.800. The van der Waals surface area contributed by atoms with Crippen molar-refractivity contribution in [3.8, 4) is 0 Å². The van der Waals surface area contributed by atoms with E-state index in [1.807, 2.05) is 4.90 Å². The monoisotopic (exact) mass is 214 g/mol. The first-order chi connectivity index (χ1) is 7.00. The van der Waals surface area contributed by atoms with E-state index in [0.29, 0.717) is 12.5 Å². The Morgan fingerprint density at radius 1 is 1.67 bits per heavy atom. The van der Waals surface area contributed by atoms with E-state index in [9.17, 15) is 9.59 Å². The van der Waals surface area contributed by atoms with Crippen molar-refractivity contribution in [2.75, 3.05) is 19.6 Å². The van der Waals surface area contributed by atoms with Crippen molar-refractivity contribution < 1.29 is 14.7 Å². The summed E-state index contributed by atoms with van der Waals surface area (Å²) in [6, 6.07) is -0.501. The minimum Gasteiger partial charge on any atom is -0.481 e. The van der Waals surface area contributed by atoms with Crippen molar-refractivity contribution in [3.63, 3.8) is 0 Å². The molecule has 1 fully saturated rings. The molecule has 15 heavy (non-hydrogen) atoms. The largest absolute Gasteiger partial charge is 0.481 e. The Balaban J connectivity index is 2.63. The van der Waals surface area contributed by atoms with Crippen LogP contribution in [0.2, 0.25) is 0 Å². The molecule has 0 aliphatic carbocycles. The molecule has 0 aromatic heterocycles. The number of hydrogen-bond donors (Lipinski definition) is 2. The molecule has 1 saturated heterocycles. The summed E-state index contributed by atoms with van der Waals surface area (Å²) in [5, 5.41) is 11.4. The normalized spacial score (nSPS) is 22.9. The van der Waals surface area contributed by atoms with Crippen LogP contribution >= 0.6 is 0 Å². The van der Waals surface area contributed by atoms with Gasteiger partial charge in [-0.1, -0.05) is 13.8 Å². The third-order valence-electron chi connectivity index (χ3n) is 2.41. The zero-order valence-electron chi connectivity index (χ0n) is 9.19. The van der Waals surface area contributed by atoms with Gasteiger partial charge in [-0.3, -0.25) is 14.5 Å². The fourth-order valence-electron chi connectivity index (χ4n) is 1.84. The highest BCUT2D eigenvalue weighted by Gasteiger charge is 2.31. The predicted octanol–water partition coefficient (Wildman–Crippen LogP) is -0.0825. The van der Waals surface area contributed by atoms with E-state index in [-0.39, 0.29) is 12.3 Å². The maximum atomic E-state index is 11.5. The van der Waals surface area contributed by atoms with Gasteiger partial charge in [0.15, 0.2) is 0 Å². The Labute approximate surface area is 89.4 Å². The summed E-state index contributed by atoms with van der Waals surface area (Å²) in [6.45, 7) is 6.24. The topological polar surface area (TPSA) is 69.6 Å². The van der Waals surface area contributed by atoms with Crippen LogP contribution in [0.3, 0.4) is 0 Å². The zero-order valence-corrected chi connectivity index (χ0v) is 9.19. The van der Waals surface area contributed by atoms with Gasteiger partial charge < -0.3 is 10.4 Å². The molecule has 1 aliphatic heterocycles. The molecule has 1 amide bonds. The van der Waals surface area contributed by atoms with Gasteiger partial charge >= 0.3 is 5.97 Å². The van der Waals surface area contributed by atoms with Crippen molar-refractivity contribution >= 4 is 11.9 Å². The van der Waals surface area contributed by atoms with E-state index in [2.05, 4.69) is 19.2 Å². The van der Waals surface area contributed by atoms with E-state index in [4.69, 9.17) is 5.11 Å². The minimum atomic E-state index is -0.925. The summed E-state index contributed by atoms with van der Waals surface area (Å²) in [4.78, 5) is 24.1. The lowest BCUT2D eigenvalue weighted by Gasteiger charge is -2.35. The quantitative estimate of drug-likeness (QED) is 0.686. The molecule has 86 valence electrons. The summed E-state index contributed by atoms with van der Waals surface area (Å²) >= 11 is 0. The first-order valence-corrected chi connectivity index (χ1v) is 5.24. The van der Waals surface area contributed by atoms with Gasteiger partial charge in [-0.15, -0.1) is 0 Å². The number of carbonyl (C=O) groups excluding carboxylic acids is 1. The van der Waals surface area contributed by atoms with Crippen LogP contribution in [0.1, 0.15) is 20.3 Å². The summed E-state index contributed by atoms with van der Waals surface area (Å²) in [5.41, 5.74) is 0. The van der Waals surface area contributed by atoms with Gasteiger partial charge in [0.2, 0.25) is 5.91 Å². The Morgan fingerprint density at radius 3 is 2.87 bits per heavy atom. The summed E-state index contributed by atoms with van der Waals surface area (Å²) in [5.74, 6) is -0.651. The molecule has 0 aromatic rings. The average molecular weight is 214 g/mol. The van der Waals surface area contributed by atoms with Crippen LogP contribution in [-0.4, -0.2) is 47.6 Å². The van der Waals surface area contributed by atoms with Crippen LogP contribution in [-0.2, 0) is 9.59 Å². The molecule has 1 heterocycles. The number of amides is 1. The van der Waals surface area contributed by atoms with E-state index in [1.54, 1.807) is 0 Å². The highest BCUT2D eigenvalue weighted by Crippen LogP contribution is 2.11. The number of carboxylic acid groups (broad SMARTS) is 1. The number of carbonyl (C=O) groups is 2. The van der Waals surface area contributed by atoms with E-state index < -0.39 is 12.0 Å². The lowest BCUT2D eigenvalue weighted by molar-refractivity contribution is -0.143. The van der Waals surface area contributed by atoms with E-state index >= 15 is 0 Å². The van der Waals surface area contributed by atoms with Crippen molar-refractivity contribution in [1.82, 2.24) is 10.2 Å². The van der Waals surface area contributed by atoms with Crippen LogP contribution in [0.15, 0.2) is 0 Å². The molecule has 0 saturated carbocycles. The fourth-order valence-corrected chi connectivity index (χ4v) is 1.84. The first-order valence-electron chi connectivity index (χ1n) is 5.24. The highest BCUT2D eigenvalue weighted by atomic mass is 16.4. The van der Waals surface area contributed by atoms with Crippen LogP contribution in [0.4, 0.5) is 0 Å². The Morgan fingerprint density at radius 2 is 2.33 bits per heavy atom. The Kier molecular flexibility index (Phi) is 4.08. The molecule has 1 rings (SSSR count). The second kappa shape index (κ2) is 5.11. The summed E-state index contributed by atoms with van der Waals surface area (Å²) in [7, 11) is 0. The highest BCUT2D eigenvalue weighted by molar-refractivity contribution is 5.86. The smallest absolute Gasteiger partial charge is 0.305 e. The van der Waals surface area contributed by atoms with Gasteiger partial charge in [0.25, 0.3) is 0 Å². The first kappa shape index (κ1) is 12.0. The molecule has 0 bridgehead atoms. The number of piperazine rings is 1. The number of hydrogen-bond acceptors (Lipinski definition) is 3. The van der Waals surface area contributed by atoms with Crippen LogP contribution < -0.4 is 5.32 Å². The summed E-state index contributed by atoms with van der Waals surface area (Å²) in [6.07, 6.45) is -0.113. The molecule has 2 N–H and O–H groups in total. The molecule has 1 atom stereocenters. The number of rotatable bonds is 4. The van der Waals surface area contributed by atoms with Crippen LogP contribution in [0.5, 0.6) is 0 Å². The van der Waals surface area contributed by atoms with E-state index in [1.165, 1.54) is 0 Å². The third-order valence-corrected chi connectivity index (χ3v) is 2.41. The molecule has 0 unspecified atom stereocenters. The van der Waals surface area contributed by atoms with Gasteiger partial charge in [-0.2, -0.15) is 0 Å². The standard InChI is InChI=1S/C10H18N2O3/c1-7(2)6-12-4-3-11-10(15)8(12)5-9(13)14/h7-8H,3-6H2,1-2H3,(H,11,15)(H,13,14)/t8-/m1/s1. The number of nitrogens with zero attached hydrogens (tertiary/aromatic N) is 1. The number of nitrogens with one attached hydrogen (secondary N) is 1. The maximum Gasteiger partial charge on any atom is 0.305 e. The molecule has 5 nitrogen and oxygen atoms in total. The van der Waals surface area contributed by atoms with Gasteiger partial charge in [0.05, 0.1) is 12.5 Å². The maximum absolute atomic E-state index is 11.5.